The van der Waals surface area contributed by atoms with Gasteiger partial charge < -0.3 is 9.57 Å². The van der Waals surface area contributed by atoms with Gasteiger partial charge in [-0.25, -0.2) is 14.6 Å². The number of para-hydroxylation sites is 2. The molecule has 2 aromatic heterocycles. The molecule has 0 fully saturated rings. The van der Waals surface area contributed by atoms with Crippen LogP contribution in [0.3, 0.4) is 0 Å². The van der Waals surface area contributed by atoms with E-state index < -0.39 is 5.72 Å². The summed E-state index contributed by atoms with van der Waals surface area (Å²) in [7, 11) is 1.67. The molecule has 0 amide bonds. The molecule has 8 nitrogen and oxygen atoms in total. The lowest BCUT2D eigenvalue weighted by molar-refractivity contribution is -0.0283. The van der Waals surface area contributed by atoms with Gasteiger partial charge in [-0.3, -0.25) is 4.90 Å². The van der Waals surface area contributed by atoms with Crippen LogP contribution in [0.25, 0.3) is 16.7 Å². The van der Waals surface area contributed by atoms with Crippen LogP contribution in [0.5, 0.6) is 5.75 Å². The molecule has 8 rings (SSSR count). The van der Waals surface area contributed by atoms with Gasteiger partial charge in [0.15, 0.2) is 11.7 Å². The summed E-state index contributed by atoms with van der Waals surface area (Å²) < 4.78 is 7.18. The minimum Gasteiger partial charge on any atom is -0.497 e. The molecule has 4 aromatic carbocycles. The fraction of sp³-hybridized carbons (Fsp3) is 0.118. The topological polar surface area (TPSA) is 77.7 Å². The Hall–Kier alpha value is -5.15. The standard InChI is InChI=1S/C34H26N6O2S/c1-41-26-17-15-23(16-18-26)32-38-42-34(25-10-3-2-4-11-25)20-31(43-30-14-8-7-13-29(30)40(32)34)27-19-24-9-5-6-12-28(24)37-33(27)39-22-35-21-36-39/h2-19,21-22,31H,20H2,1H3. The molecule has 0 N–H and O–H groups in total. The highest BCUT2D eigenvalue weighted by Gasteiger charge is 2.53. The van der Waals surface area contributed by atoms with Crippen molar-refractivity contribution in [3.8, 4) is 11.6 Å². The zero-order valence-electron chi connectivity index (χ0n) is 23.2. The quantitative estimate of drug-likeness (QED) is 0.214. The summed E-state index contributed by atoms with van der Waals surface area (Å²) >= 11 is 1.81. The molecule has 43 heavy (non-hydrogen) atoms. The Morgan fingerprint density at radius 3 is 2.51 bits per heavy atom. The number of thioether (sulfide) groups is 1. The summed E-state index contributed by atoms with van der Waals surface area (Å²) in [5.41, 5.74) is 4.00. The van der Waals surface area contributed by atoms with Crippen molar-refractivity contribution in [3.63, 3.8) is 0 Å². The van der Waals surface area contributed by atoms with E-state index in [0.29, 0.717) is 6.42 Å². The van der Waals surface area contributed by atoms with E-state index in [-0.39, 0.29) is 5.25 Å². The van der Waals surface area contributed by atoms with Gasteiger partial charge in [0.25, 0.3) is 0 Å². The van der Waals surface area contributed by atoms with Crippen LogP contribution in [0.1, 0.15) is 28.4 Å². The number of amidine groups is 1. The van der Waals surface area contributed by atoms with Crippen molar-refractivity contribution in [2.24, 2.45) is 5.16 Å². The van der Waals surface area contributed by atoms with E-state index in [1.165, 1.54) is 0 Å². The van der Waals surface area contributed by atoms with E-state index in [1.54, 1.807) is 36.2 Å². The molecule has 2 unspecified atom stereocenters. The predicted molar refractivity (Wildman–Crippen MR) is 168 cm³/mol. The number of anilines is 1. The monoisotopic (exact) mass is 582 g/mol. The molecule has 2 aliphatic rings. The van der Waals surface area contributed by atoms with Gasteiger partial charge in [-0.15, -0.1) is 11.8 Å². The number of fused-ring (bicyclic) bond motifs is 4. The Kier molecular flexibility index (Phi) is 6.11. The first-order valence-electron chi connectivity index (χ1n) is 14.0. The largest absolute Gasteiger partial charge is 0.497 e. The minimum atomic E-state index is -0.925. The Morgan fingerprint density at radius 1 is 0.907 bits per heavy atom. The summed E-state index contributed by atoms with van der Waals surface area (Å²) in [4.78, 5) is 19.4. The second-order valence-electron chi connectivity index (χ2n) is 10.4. The zero-order valence-corrected chi connectivity index (χ0v) is 24.1. The van der Waals surface area contributed by atoms with Crippen LogP contribution in [0.4, 0.5) is 5.69 Å². The number of hydrogen-bond donors (Lipinski definition) is 0. The summed E-state index contributed by atoms with van der Waals surface area (Å²) in [6, 6.07) is 37.2. The van der Waals surface area contributed by atoms with Crippen LogP contribution in [0.15, 0.2) is 132 Å². The molecule has 0 aliphatic carbocycles. The van der Waals surface area contributed by atoms with Gasteiger partial charge in [-0.05, 0) is 48.5 Å². The number of pyridine rings is 1. The maximum absolute atomic E-state index is 6.67. The van der Waals surface area contributed by atoms with Crippen LogP contribution in [0.2, 0.25) is 0 Å². The van der Waals surface area contributed by atoms with Crippen LogP contribution >= 0.6 is 11.8 Å². The summed E-state index contributed by atoms with van der Waals surface area (Å²) in [6.45, 7) is 0. The molecule has 2 atom stereocenters. The fourth-order valence-corrected chi connectivity index (χ4v) is 7.30. The summed E-state index contributed by atoms with van der Waals surface area (Å²) in [5, 5.41) is 10.3. The minimum absolute atomic E-state index is 0.0759. The van der Waals surface area contributed by atoms with E-state index >= 15 is 0 Å². The lowest BCUT2D eigenvalue weighted by Crippen LogP contribution is -2.47. The van der Waals surface area contributed by atoms with Gasteiger partial charge in [0.05, 0.1) is 18.3 Å². The second kappa shape index (κ2) is 10.3. The van der Waals surface area contributed by atoms with Gasteiger partial charge in [-0.2, -0.15) is 5.10 Å². The van der Waals surface area contributed by atoms with Crippen LogP contribution < -0.4 is 9.64 Å². The number of benzene rings is 4. The molecular formula is C34H26N6O2S. The molecule has 2 aliphatic heterocycles. The summed E-state index contributed by atoms with van der Waals surface area (Å²) in [5.74, 6) is 2.28. The highest BCUT2D eigenvalue weighted by Crippen LogP contribution is 2.56. The number of methoxy groups -OCH3 is 1. The van der Waals surface area contributed by atoms with Crippen LogP contribution in [-0.2, 0) is 10.6 Å². The van der Waals surface area contributed by atoms with Crippen molar-refractivity contribution in [2.45, 2.75) is 22.3 Å². The van der Waals surface area contributed by atoms with Crippen molar-refractivity contribution in [3.05, 3.63) is 139 Å². The molecular weight excluding hydrogens is 556 g/mol. The van der Waals surface area contributed by atoms with E-state index in [2.05, 4.69) is 63.5 Å². The third-order valence-corrected chi connectivity index (χ3v) is 9.29. The van der Waals surface area contributed by atoms with Crippen molar-refractivity contribution in [1.82, 2.24) is 19.7 Å². The van der Waals surface area contributed by atoms with E-state index in [1.807, 2.05) is 60.7 Å². The first kappa shape index (κ1) is 25.6. The highest BCUT2D eigenvalue weighted by atomic mass is 32.2. The molecule has 9 heteroatoms. The van der Waals surface area contributed by atoms with Gasteiger partial charge in [-0.1, -0.05) is 65.8 Å². The Balaban J connectivity index is 1.35. The third-order valence-electron chi connectivity index (χ3n) is 7.98. The Labute approximate surface area is 252 Å². The van der Waals surface area contributed by atoms with Gasteiger partial charge >= 0.3 is 0 Å². The smallest absolute Gasteiger partial charge is 0.242 e. The molecule has 0 bridgehead atoms. The molecule has 210 valence electrons. The Bertz CT molecular complexity index is 1960. The predicted octanol–water partition coefficient (Wildman–Crippen LogP) is 7.11. The molecule has 0 saturated carbocycles. The van der Waals surface area contributed by atoms with Crippen molar-refractivity contribution in [2.75, 3.05) is 12.0 Å². The van der Waals surface area contributed by atoms with E-state index in [0.717, 1.165) is 55.6 Å². The first-order chi connectivity index (χ1) is 21.2. The van der Waals surface area contributed by atoms with E-state index in [4.69, 9.17) is 19.7 Å². The number of rotatable bonds is 5. The normalized spacial score (nSPS) is 19.2. The average molecular weight is 583 g/mol. The van der Waals surface area contributed by atoms with Crippen molar-refractivity contribution < 1.29 is 9.57 Å². The Morgan fingerprint density at radius 2 is 1.70 bits per heavy atom. The summed E-state index contributed by atoms with van der Waals surface area (Å²) in [6.07, 6.45) is 3.83. The molecule has 6 aromatic rings. The fourth-order valence-electron chi connectivity index (χ4n) is 5.95. The number of nitrogens with zero attached hydrogens (tertiary/aromatic N) is 6. The maximum Gasteiger partial charge on any atom is 0.242 e. The number of oxime groups is 1. The molecule has 0 saturated heterocycles. The highest BCUT2D eigenvalue weighted by molar-refractivity contribution is 7.99. The lowest BCUT2D eigenvalue weighted by atomic mass is 9.91. The first-order valence-corrected chi connectivity index (χ1v) is 14.9. The second-order valence-corrected chi connectivity index (χ2v) is 11.7. The lowest BCUT2D eigenvalue weighted by Gasteiger charge is -2.38. The maximum atomic E-state index is 6.67. The van der Waals surface area contributed by atoms with Gasteiger partial charge in [0.1, 0.15) is 18.4 Å². The number of aromatic nitrogens is 4. The van der Waals surface area contributed by atoms with E-state index in [9.17, 15) is 0 Å². The van der Waals surface area contributed by atoms with Gasteiger partial charge in [0, 0.05) is 38.6 Å². The molecule has 0 spiro atoms. The van der Waals surface area contributed by atoms with Crippen LogP contribution in [-0.4, -0.2) is 32.7 Å². The zero-order chi connectivity index (χ0) is 28.8. The average Bonchev–Trinajstić information content (AvgIpc) is 3.71. The number of hydrogen-bond acceptors (Lipinski definition) is 8. The third kappa shape index (κ3) is 4.23. The number of ether oxygens (including phenoxy) is 1. The van der Waals surface area contributed by atoms with Gasteiger partial charge in [0.2, 0.25) is 5.72 Å². The SMILES string of the molecule is COc1ccc(C2=NOC3(c4ccccc4)CC(c4cc5ccccc5nc4-n4cncn4)Sc4ccccc4N23)cc1. The van der Waals surface area contributed by atoms with Crippen LogP contribution in [0, 0.1) is 0 Å². The van der Waals surface area contributed by atoms with Crippen molar-refractivity contribution >= 4 is 34.2 Å². The molecule has 4 heterocycles. The molecule has 0 radical (unpaired) electrons. The van der Waals surface area contributed by atoms with Crippen molar-refractivity contribution in [1.29, 1.82) is 0 Å².